The lowest BCUT2D eigenvalue weighted by Gasteiger charge is -2.15. The first-order valence-electron chi connectivity index (χ1n) is 6.08. The van der Waals surface area contributed by atoms with Gasteiger partial charge in [-0.3, -0.25) is 0 Å². The molecule has 1 atom stereocenters. The van der Waals surface area contributed by atoms with Crippen molar-refractivity contribution in [2.24, 2.45) is 5.73 Å². The van der Waals surface area contributed by atoms with Crippen molar-refractivity contribution in [3.63, 3.8) is 0 Å². The largest absolute Gasteiger partial charge is 0.323 e. The quantitative estimate of drug-likeness (QED) is 0.662. The molecule has 4 N–H and O–H groups in total. The van der Waals surface area contributed by atoms with Gasteiger partial charge in [0.25, 0.3) is 0 Å². The van der Waals surface area contributed by atoms with Crippen LogP contribution in [0.2, 0.25) is 0 Å². The zero-order chi connectivity index (χ0) is 15.1. The Morgan fingerprint density at radius 1 is 1.10 bits per heavy atom. The standard InChI is InChI=1S/C14H10BrF2N3O/c15-8-5-11-10(19-14(21)20-11)4-7(8)13(18)6-2-1-3-9(16)12(6)17/h1-5,13H,18H2,(H2,19,20,21). The average molecular weight is 354 g/mol. The lowest BCUT2D eigenvalue weighted by atomic mass is 9.98. The topological polar surface area (TPSA) is 74.7 Å². The van der Waals surface area contributed by atoms with E-state index in [1.807, 2.05) is 0 Å². The van der Waals surface area contributed by atoms with Gasteiger partial charge in [-0.25, -0.2) is 13.6 Å². The molecule has 0 saturated carbocycles. The Morgan fingerprint density at radius 2 is 1.76 bits per heavy atom. The van der Waals surface area contributed by atoms with E-state index >= 15 is 0 Å². The van der Waals surface area contributed by atoms with Crippen LogP contribution in [0.3, 0.4) is 0 Å². The zero-order valence-corrected chi connectivity index (χ0v) is 12.2. The molecule has 4 nitrogen and oxygen atoms in total. The first kappa shape index (κ1) is 14.0. The summed E-state index contributed by atoms with van der Waals surface area (Å²) in [5.41, 5.74) is 7.44. The van der Waals surface area contributed by atoms with Crippen LogP contribution in [0.5, 0.6) is 0 Å². The Kier molecular flexibility index (Phi) is 3.38. The Labute approximate surface area is 126 Å². The number of aromatic nitrogens is 2. The summed E-state index contributed by atoms with van der Waals surface area (Å²) >= 11 is 3.34. The second-order valence-electron chi connectivity index (χ2n) is 4.62. The van der Waals surface area contributed by atoms with E-state index in [0.717, 1.165) is 6.07 Å². The van der Waals surface area contributed by atoms with Crippen molar-refractivity contribution >= 4 is 27.0 Å². The predicted octanol–water partition coefficient (Wildman–Crippen LogP) is 2.95. The van der Waals surface area contributed by atoms with Crippen molar-refractivity contribution in [3.8, 4) is 0 Å². The van der Waals surface area contributed by atoms with Crippen molar-refractivity contribution in [2.75, 3.05) is 0 Å². The van der Waals surface area contributed by atoms with Gasteiger partial charge in [0, 0.05) is 10.0 Å². The number of hydrogen-bond acceptors (Lipinski definition) is 2. The predicted molar refractivity (Wildman–Crippen MR) is 79.0 cm³/mol. The van der Waals surface area contributed by atoms with Crippen molar-refractivity contribution in [3.05, 3.63) is 68.1 Å². The maximum atomic E-state index is 13.9. The molecule has 3 aromatic rings. The number of nitrogens with one attached hydrogen (secondary N) is 2. The van der Waals surface area contributed by atoms with Gasteiger partial charge >= 0.3 is 5.69 Å². The molecule has 0 radical (unpaired) electrons. The van der Waals surface area contributed by atoms with E-state index < -0.39 is 17.7 Å². The monoisotopic (exact) mass is 353 g/mol. The molecule has 0 spiro atoms. The first-order valence-corrected chi connectivity index (χ1v) is 6.87. The van der Waals surface area contributed by atoms with E-state index in [1.165, 1.54) is 12.1 Å². The van der Waals surface area contributed by atoms with Gasteiger partial charge in [-0.2, -0.15) is 0 Å². The highest BCUT2D eigenvalue weighted by molar-refractivity contribution is 9.10. The van der Waals surface area contributed by atoms with E-state index in [-0.39, 0.29) is 11.3 Å². The Hall–Kier alpha value is -1.99. The second kappa shape index (κ2) is 5.09. The highest BCUT2D eigenvalue weighted by Gasteiger charge is 2.19. The van der Waals surface area contributed by atoms with Gasteiger partial charge in [0.2, 0.25) is 0 Å². The number of halogens is 3. The van der Waals surface area contributed by atoms with Crippen LogP contribution < -0.4 is 11.4 Å². The van der Waals surface area contributed by atoms with Gasteiger partial charge in [0.05, 0.1) is 17.1 Å². The fraction of sp³-hybridized carbons (Fsp3) is 0.0714. The number of nitrogens with two attached hydrogens (primary N) is 1. The summed E-state index contributed by atoms with van der Waals surface area (Å²) in [6.45, 7) is 0. The molecule has 108 valence electrons. The molecule has 0 aliphatic rings. The summed E-state index contributed by atoms with van der Waals surface area (Å²) in [4.78, 5) is 16.5. The summed E-state index contributed by atoms with van der Waals surface area (Å²) in [6, 6.07) is 6.30. The summed E-state index contributed by atoms with van der Waals surface area (Å²) < 4.78 is 27.8. The zero-order valence-electron chi connectivity index (χ0n) is 10.6. The number of H-pyrrole nitrogens is 2. The van der Waals surface area contributed by atoms with Crippen LogP contribution in [0.4, 0.5) is 8.78 Å². The average Bonchev–Trinajstić information content (AvgIpc) is 2.79. The van der Waals surface area contributed by atoms with Gasteiger partial charge in [-0.15, -0.1) is 0 Å². The molecule has 0 saturated heterocycles. The van der Waals surface area contributed by atoms with Crippen LogP contribution >= 0.6 is 15.9 Å². The smallest absolute Gasteiger partial charge is 0.320 e. The molecule has 0 aliphatic heterocycles. The Bertz CT molecular complexity index is 888. The van der Waals surface area contributed by atoms with E-state index in [4.69, 9.17) is 5.73 Å². The number of aromatic amines is 2. The van der Waals surface area contributed by atoms with Crippen LogP contribution in [0.25, 0.3) is 11.0 Å². The third-order valence-corrected chi connectivity index (χ3v) is 3.97. The van der Waals surface area contributed by atoms with E-state index in [9.17, 15) is 13.6 Å². The number of fused-ring (bicyclic) bond motifs is 1. The molecular formula is C14H10BrF2N3O. The lowest BCUT2D eigenvalue weighted by molar-refractivity contribution is 0.494. The molecule has 0 aliphatic carbocycles. The Balaban J connectivity index is 2.16. The molecule has 1 heterocycles. The van der Waals surface area contributed by atoms with E-state index in [2.05, 4.69) is 25.9 Å². The summed E-state index contributed by atoms with van der Waals surface area (Å²) in [6.07, 6.45) is 0. The molecular weight excluding hydrogens is 344 g/mol. The number of hydrogen-bond donors (Lipinski definition) is 3. The fourth-order valence-corrected chi connectivity index (χ4v) is 2.83. The minimum atomic E-state index is -0.973. The van der Waals surface area contributed by atoms with Crippen LogP contribution in [0.15, 0.2) is 39.6 Å². The number of rotatable bonds is 2. The molecule has 0 fully saturated rings. The minimum Gasteiger partial charge on any atom is -0.320 e. The van der Waals surface area contributed by atoms with Crippen molar-refractivity contribution in [1.82, 2.24) is 9.97 Å². The van der Waals surface area contributed by atoms with Crippen LogP contribution in [0.1, 0.15) is 17.2 Å². The molecule has 7 heteroatoms. The molecule has 1 unspecified atom stereocenters. The van der Waals surface area contributed by atoms with E-state index in [0.29, 0.717) is 21.1 Å². The molecule has 2 aromatic carbocycles. The normalized spacial score (nSPS) is 12.8. The molecule has 21 heavy (non-hydrogen) atoms. The van der Waals surface area contributed by atoms with Gasteiger partial charge < -0.3 is 15.7 Å². The minimum absolute atomic E-state index is 0.0490. The number of benzene rings is 2. The van der Waals surface area contributed by atoms with Crippen LogP contribution in [0, 0.1) is 11.6 Å². The van der Waals surface area contributed by atoms with Gasteiger partial charge in [-0.05, 0) is 23.8 Å². The lowest BCUT2D eigenvalue weighted by Crippen LogP contribution is -2.15. The summed E-state index contributed by atoms with van der Waals surface area (Å²) in [5.74, 6) is -1.92. The van der Waals surface area contributed by atoms with Crippen LogP contribution in [-0.4, -0.2) is 9.97 Å². The maximum Gasteiger partial charge on any atom is 0.323 e. The van der Waals surface area contributed by atoms with Gasteiger partial charge in [0.15, 0.2) is 11.6 Å². The van der Waals surface area contributed by atoms with Gasteiger partial charge in [0.1, 0.15) is 0 Å². The van der Waals surface area contributed by atoms with Crippen LogP contribution in [-0.2, 0) is 0 Å². The highest BCUT2D eigenvalue weighted by Crippen LogP contribution is 2.31. The van der Waals surface area contributed by atoms with Crippen molar-refractivity contribution in [2.45, 2.75) is 6.04 Å². The first-order chi connectivity index (χ1) is 9.97. The van der Waals surface area contributed by atoms with E-state index in [1.54, 1.807) is 12.1 Å². The highest BCUT2D eigenvalue weighted by atomic mass is 79.9. The molecule has 3 rings (SSSR count). The molecule has 1 aromatic heterocycles. The number of imidazole rings is 1. The molecule has 0 bridgehead atoms. The molecule has 0 amide bonds. The summed E-state index contributed by atoms with van der Waals surface area (Å²) in [7, 11) is 0. The maximum absolute atomic E-state index is 13.9. The fourth-order valence-electron chi connectivity index (χ4n) is 2.24. The second-order valence-corrected chi connectivity index (χ2v) is 5.47. The third-order valence-electron chi connectivity index (χ3n) is 3.28. The van der Waals surface area contributed by atoms with Crippen molar-refractivity contribution in [1.29, 1.82) is 0 Å². The SMILES string of the molecule is NC(c1cc2[nH]c(=O)[nH]c2cc1Br)c1cccc(F)c1F. The Morgan fingerprint density at radius 3 is 2.48 bits per heavy atom. The van der Waals surface area contributed by atoms with Crippen molar-refractivity contribution < 1.29 is 8.78 Å². The third kappa shape index (κ3) is 2.38. The summed E-state index contributed by atoms with van der Waals surface area (Å²) in [5, 5.41) is 0. The van der Waals surface area contributed by atoms with Gasteiger partial charge in [-0.1, -0.05) is 28.1 Å².